The molecule has 1 atom stereocenters. The molecule has 1 aromatic carbocycles. The molecule has 1 fully saturated rings. The summed E-state index contributed by atoms with van der Waals surface area (Å²) in [6.45, 7) is 1.31. The molecule has 23 heavy (non-hydrogen) atoms. The summed E-state index contributed by atoms with van der Waals surface area (Å²) in [6, 6.07) is 9.59. The van der Waals surface area contributed by atoms with Gasteiger partial charge in [-0.05, 0) is 11.6 Å². The molecule has 0 radical (unpaired) electrons. The van der Waals surface area contributed by atoms with E-state index in [0.717, 1.165) is 5.56 Å². The van der Waals surface area contributed by atoms with Crippen molar-refractivity contribution in [3.05, 3.63) is 42.0 Å². The number of morpholine rings is 1. The van der Waals surface area contributed by atoms with E-state index in [1.807, 2.05) is 30.3 Å². The normalized spacial score (nSPS) is 21.5. The number of primary amides is 1. The first-order chi connectivity index (χ1) is 11.0. The Kier molecular flexibility index (Phi) is 5.90. The minimum absolute atomic E-state index is 0.0209. The van der Waals surface area contributed by atoms with Crippen LogP contribution in [0.25, 0.3) is 6.08 Å². The summed E-state index contributed by atoms with van der Waals surface area (Å²) in [5.74, 6) is -0.599. The summed E-state index contributed by atoms with van der Waals surface area (Å²) in [6.07, 6.45) is 3.32. The van der Waals surface area contributed by atoms with Crippen molar-refractivity contribution in [1.82, 2.24) is 4.90 Å². The van der Waals surface area contributed by atoms with Crippen LogP contribution in [0.5, 0.6) is 0 Å². The van der Waals surface area contributed by atoms with Crippen molar-refractivity contribution >= 4 is 17.9 Å². The summed E-state index contributed by atoms with van der Waals surface area (Å²) in [5, 5.41) is 0. The lowest BCUT2D eigenvalue weighted by molar-refractivity contribution is -0.163. The van der Waals surface area contributed by atoms with Crippen molar-refractivity contribution < 1.29 is 19.1 Å². The molecular weight excluding hydrogens is 296 g/mol. The van der Waals surface area contributed by atoms with Crippen LogP contribution in [-0.2, 0) is 19.1 Å². The third-order valence-electron chi connectivity index (χ3n) is 3.68. The Morgan fingerprint density at radius 3 is 2.78 bits per heavy atom. The van der Waals surface area contributed by atoms with Crippen molar-refractivity contribution in [2.75, 3.05) is 33.4 Å². The summed E-state index contributed by atoms with van der Waals surface area (Å²) < 4.78 is 10.9. The van der Waals surface area contributed by atoms with Crippen molar-refractivity contribution in [3.8, 4) is 0 Å². The van der Waals surface area contributed by atoms with E-state index in [-0.39, 0.29) is 25.5 Å². The number of nitrogens with zero attached hydrogens (tertiary/aromatic N) is 1. The molecular formula is C17H22N2O4. The number of carbonyl (C=O) groups excluding carboxylic acids is 2. The predicted molar refractivity (Wildman–Crippen MR) is 86.4 cm³/mol. The zero-order valence-corrected chi connectivity index (χ0v) is 13.2. The van der Waals surface area contributed by atoms with E-state index in [9.17, 15) is 9.59 Å². The molecule has 2 amide bonds. The van der Waals surface area contributed by atoms with Crippen LogP contribution >= 0.6 is 0 Å². The monoisotopic (exact) mass is 318 g/mol. The second kappa shape index (κ2) is 7.89. The fourth-order valence-electron chi connectivity index (χ4n) is 2.70. The van der Waals surface area contributed by atoms with Gasteiger partial charge in [-0.15, -0.1) is 0 Å². The van der Waals surface area contributed by atoms with E-state index >= 15 is 0 Å². The van der Waals surface area contributed by atoms with Crippen molar-refractivity contribution in [3.63, 3.8) is 0 Å². The molecule has 1 heterocycles. The first kappa shape index (κ1) is 17.2. The Morgan fingerprint density at radius 1 is 1.39 bits per heavy atom. The number of rotatable bonds is 6. The van der Waals surface area contributed by atoms with Crippen molar-refractivity contribution in [2.24, 2.45) is 5.73 Å². The average Bonchev–Trinajstić information content (AvgIpc) is 2.53. The largest absolute Gasteiger partial charge is 0.382 e. The van der Waals surface area contributed by atoms with Crippen LogP contribution in [0.2, 0.25) is 0 Å². The van der Waals surface area contributed by atoms with Crippen molar-refractivity contribution in [2.45, 2.75) is 12.0 Å². The predicted octanol–water partition coefficient (Wildman–Crippen LogP) is 0.819. The fourth-order valence-corrected chi connectivity index (χ4v) is 2.70. The molecule has 1 aliphatic rings. The number of methoxy groups -OCH3 is 1. The Labute approximate surface area is 135 Å². The average molecular weight is 318 g/mol. The highest BCUT2D eigenvalue weighted by molar-refractivity contribution is 5.92. The van der Waals surface area contributed by atoms with Gasteiger partial charge in [-0.3, -0.25) is 9.59 Å². The molecule has 1 aromatic rings. The second-order valence-electron chi connectivity index (χ2n) is 5.61. The van der Waals surface area contributed by atoms with Gasteiger partial charge in [-0.2, -0.15) is 0 Å². The zero-order valence-electron chi connectivity index (χ0n) is 13.2. The maximum Gasteiger partial charge on any atom is 0.246 e. The van der Waals surface area contributed by atoms with Crippen LogP contribution in [0.3, 0.4) is 0 Å². The quantitative estimate of drug-likeness (QED) is 0.787. The Bertz CT molecular complexity index is 569. The van der Waals surface area contributed by atoms with Crippen LogP contribution in [0.15, 0.2) is 36.4 Å². The van der Waals surface area contributed by atoms with E-state index < -0.39 is 11.5 Å². The van der Waals surface area contributed by atoms with Crippen LogP contribution in [0.4, 0.5) is 0 Å². The highest BCUT2D eigenvalue weighted by Gasteiger charge is 2.39. The molecule has 6 nitrogen and oxygen atoms in total. The van der Waals surface area contributed by atoms with E-state index in [1.54, 1.807) is 11.0 Å². The van der Waals surface area contributed by atoms with Gasteiger partial charge in [0, 0.05) is 19.7 Å². The van der Waals surface area contributed by atoms with Gasteiger partial charge in [0.05, 0.1) is 26.2 Å². The SMILES string of the molecule is COC[C@]1(CC(N)=O)CN(C(=O)/C=C/c2ccccc2)CCO1. The first-order valence-electron chi connectivity index (χ1n) is 7.48. The lowest BCUT2D eigenvalue weighted by Crippen LogP contribution is -2.57. The highest BCUT2D eigenvalue weighted by atomic mass is 16.5. The molecule has 2 rings (SSSR count). The number of benzene rings is 1. The smallest absolute Gasteiger partial charge is 0.246 e. The molecule has 0 aromatic heterocycles. The summed E-state index contributed by atoms with van der Waals surface area (Å²) >= 11 is 0. The summed E-state index contributed by atoms with van der Waals surface area (Å²) in [4.78, 5) is 25.3. The van der Waals surface area contributed by atoms with E-state index in [2.05, 4.69) is 0 Å². The Balaban J connectivity index is 2.05. The molecule has 0 saturated carbocycles. The highest BCUT2D eigenvalue weighted by Crippen LogP contribution is 2.23. The molecule has 1 saturated heterocycles. The zero-order chi connectivity index (χ0) is 16.7. The number of hydrogen-bond donors (Lipinski definition) is 1. The molecule has 1 aliphatic heterocycles. The van der Waals surface area contributed by atoms with Crippen LogP contribution in [0, 0.1) is 0 Å². The molecule has 124 valence electrons. The number of nitrogens with two attached hydrogens (primary N) is 1. The fraction of sp³-hybridized carbons (Fsp3) is 0.412. The molecule has 0 spiro atoms. The van der Waals surface area contributed by atoms with Gasteiger partial charge in [-0.25, -0.2) is 0 Å². The third kappa shape index (κ3) is 4.91. The molecule has 0 aliphatic carbocycles. The maximum atomic E-state index is 12.4. The van der Waals surface area contributed by atoms with Crippen LogP contribution in [0.1, 0.15) is 12.0 Å². The van der Waals surface area contributed by atoms with Crippen LogP contribution < -0.4 is 5.73 Å². The van der Waals surface area contributed by atoms with Gasteiger partial charge < -0.3 is 20.1 Å². The van der Waals surface area contributed by atoms with E-state index in [0.29, 0.717) is 13.2 Å². The molecule has 2 N–H and O–H groups in total. The first-order valence-corrected chi connectivity index (χ1v) is 7.48. The lowest BCUT2D eigenvalue weighted by Gasteiger charge is -2.41. The number of hydrogen-bond acceptors (Lipinski definition) is 4. The van der Waals surface area contributed by atoms with Gasteiger partial charge in [-0.1, -0.05) is 30.3 Å². The number of ether oxygens (including phenoxy) is 2. The number of amides is 2. The topological polar surface area (TPSA) is 81.9 Å². The van der Waals surface area contributed by atoms with Gasteiger partial charge in [0.2, 0.25) is 11.8 Å². The van der Waals surface area contributed by atoms with E-state index in [4.69, 9.17) is 15.2 Å². The molecule has 6 heteroatoms. The van der Waals surface area contributed by atoms with Gasteiger partial charge in [0.15, 0.2) is 0 Å². The standard InChI is InChI=1S/C17H22N2O4/c1-22-13-17(11-15(18)20)12-19(9-10-23-17)16(21)8-7-14-5-3-2-4-6-14/h2-8H,9-13H2,1H3,(H2,18,20)/b8-7+/t17-/m0/s1. The third-order valence-corrected chi connectivity index (χ3v) is 3.68. The number of carbonyl (C=O) groups is 2. The Morgan fingerprint density at radius 2 is 2.13 bits per heavy atom. The Hall–Kier alpha value is -2.18. The van der Waals surface area contributed by atoms with Gasteiger partial charge in [0.25, 0.3) is 0 Å². The minimum atomic E-state index is -0.866. The maximum absolute atomic E-state index is 12.4. The minimum Gasteiger partial charge on any atom is -0.382 e. The second-order valence-corrected chi connectivity index (χ2v) is 5.61. The summed E-state index contributed by atoms with van der Waals surface area (Å²) in [5.41, 5.74) is 5.39. The molecule has 0 unspecified atom stereocenters. The lowest BCUT2D eigenvalue weighted by atomic mass is 9.97. The molecule has 0 bridgehead atoms. The summed E-state index contributed by atoms with van der Waals surface area (Å²) in [7, 11) is 1.53. The van der Waals surface area contributed by atoms with Gasteiger partial charge >= 0.3 is 0 Å². The van der Waals surface area contributed by atoms with Gasteiger partial charge in [0.1, 0.15) is 5.60 Å². The van der Waals surface area contributed by atoms with Crippen LogP contribution in [-0.4, -0.2) is 55.7 Å². The van der Waals surface area contributed by atoms with E-state index in [1.165, 1.54) is 13.2 Å². The van der Waals surface area contributed by atoms with Crippen molar-refractivity contribution in [1.29, 1.82) is 0 Å².